The zero-order chi connectivity index (χ0) is 20.1. The number of carbonyl (C=O) groups is 1. The van der Waals surface area contributed by atoms with Crippen molar-refractivity contribution in [3.63, 3.8) is 0 Å². The van der Waals surface area contributed by atoms with Crippen molar-refractivity contribution in [2.45, 2.75) is 24.3 Å². The van der Waals surface area contributed by atoms with Crippen LogP contribution in [0.15, 0.2) is 53.4 Å². The maximum Gasteiger partial charge on any atom is 0.243 e. The van der Waals surface area contributed by atoms with Gasteiger partial charge in [-0.2, -0.15) is 4.31 Å². The SMILES string of the molecule is COc1cccc(CNC(=O)[C@@H]2CCCN(S(=O)(=O)c3ccc(Cl)cc3)C2)c1. The highest BCUT2D eigenvalue weighted by Gasteiger charge is 2.33. The Morgan fingerprint density at radius 3 is 2.71 bits per heavy atom. The molecule has 1 aliphatic rings. The Bertz CT molecular complexity index is 931. The molecule has 2 aromatic carbocycles. The van der Waals surface area contributed by atoms with Crippen molar-refractivity contribution in [1.82, 2.24) is 9.62 Å². The highest BCUT2D eigenvalue weighted by atomic mass is 35.5. The number of benzene rings is 2. The summed E-state index contributed by atoms with van der Waals surface area (Å²) in [5.74, 6) is 0.213. The predicted octanol–water partition coefficient (Wildman–Crippen LogP) is 3.07. The molecule has 1 aliphatic heterocycles. The van der Waals surface area contributed by atoms with Crippen LogP contribution in [0.4, 0.5) is 0 Å². The molecule has 3 rings (SSSR count). The molecule has 0 unspecified atom stereocenters. The second-order valence-corrected chi connectivity index (χ2v) is 9.10. The topological polar surface area (TPSA) is 75.7 Å². The van der Waals surface area contributed by atoms with Gasteiger partial charge in [-0.15, -0.1) is 0 Å². The van der Waals surface area contributed by atoms with Crippen LogP contribution in [0.5, 0.6) is 5.75 Å². The van der Waals surface area contributed by atoms with Crippen molar-refractivity contribution >= 4 is 27.5 Å². The Labute approximate surface area is 170 Å². The fourth-order valence-electron chi connectivity index (χ4n) is 3.25. The molecule has 0 radical (unpaired) electrons. The van der Waals surface area contributed by atoms with E-state index in [1.54, 1.807) is 19.2 Å². The Hall–Kier alpha value is -2.09. The maximum atomic E-state index is 12.9. The number of rotatable bonds is 6. The number of hydrogen-bond acceptors (Lipinski definition) is 4. The van der Waals surface area contributed by atoms with E-state index in [1.165, 1.54) is 16.4 Å². The normalized spacial score (nSPS) is 17.9. The van der Waals surface area contributed by atoms with Gasteiger partial charge in [-0.25, -0.2) is 8.42 Å². The Morgan fingerprint density at radius 1 is 1.25 bits per heavy atom. The molecule has 1 atom stereocenters. The molecule has 1 N–H and O–H groups in total. The number of hydrogen-bond donors (Lipinski definition) is 1. The first-order valence-electron chi connectivity index (χ1n) is 9.06. The van der Waals surface area contributed by atoms with Gasteiger partial charge in [0.15, 0.2) is 0 Å². The van der Waals surface area contributed by atoms with E-state index in [2.05, 4.69) is 5.32 Å². The lowest BCUT2D eigenvalue weighted by molar-refractivity contribution is -0.126. The van der Waals surface area contributed by atoms with Crippen molar-refractivity contribution in [3.05, 3.63) is 59.1 Å². The van der Waals surface area contributed by atoms with Crippen LogP contribution in [0.2, 0.25) is 5.02 Å². The van der Waals surface area contributed by atoms with Gasteiger partial charge in [0, 0.05) is 24.7 Å². The summed E-state index contributed by atoms with van der Waals surface area (Å²) in [5.41, 5.74) is 0.925. The summed E-state index contributed by atoms with van der Waals surface area (Å²) in [4.78, 5) is 12.8. The molecule has 8 heteroatoms. The van der Waals surface area contributed by atoms with Crippen LogP contribution in [0.25, 0.3) is 0 Å². The number of ether oxygens (including phenoxy) is 1. The fourth-order valence-corrected chi connectivity index (χ4v) is 4.90. The van der Waals surface area contributed by atoms with Gasteiger partial charge in [-0.1, -0.05) is 23.7 Å². The number of piperidine rings is 1. The molecule has 0 spiro atoms. The molecule has 28 heavy (non-hydrogen) atoms. The van der Waals surface area contributed by atoms with Gasteiger partial charge >= 0.3 is 0 Å². The maximum absolute atomic E-state index is 12.9. The lowest BCUT2D eigenvalue weighted by atomic mass is 9.99. The first kappa shape index (κ1) is 20.6. The quantitative estimate of drug-likeness (QED) is 0.776. The molecule has 1 saturated heterocycles. The molecule has 0 bridgehead atoms. The van der Waals surface area contributed by atoms with Crippen LogP contribution in [-0.4, -0.2) is 38.8 Å². The zero-order valence-electron chi connectivity index (χ0n) is 15.6. The van der Waals surface area contributed by atoms with Crippen LogP contribution >= 0.6 is 11.6 Å². The molecule has 0 aliphatic carbocycles. The number of nitrogens with one attached hydrogen (secondary N) is 1. The lowest BCUT2D eigenvalue weighted by Crippen LogP contribution is -2.45. The summed E-state index contributed by atoms with van der Waals surface area (Å²) in [6.45, 7) is 0.954. The van der Waals surface area contributed by atoms with Crippen molar-refractivity contribution in [1.29, 1.82) is 0 Å². The molecule has 0 saturated carbocycles. The number of methoxy groups -OCH3 is 1. The van der Waals surface area contributed by atoms with Crippen molar-refractivity contribution < 1.29 is 17.9 Å². The minimum Gasteiger partial charge on any atom is -0.497 e. The monoisotopic (exact) mass is 422 g/mol. The third-order valence-corrected chi connectivity index (χ3v) is 6.94. The largest absolute Gasteiger partial charge is 0.497 e. The molecule has 2 aromatic rings. The third kappa shape index (κ3) is 4.84. The van der Waals surface area contributed by atoms with E-state index >= 15 is 0 Å². The smallest absolute Gasteiger partial charge is 0.243 e. The highest BCUT2D eigenvalue weighted by Crippen LogP contribution is 2.25. The van der Waals surface area contributed by atoms with E-state index in [1.807, 2.05) is 24.3 Å². The fraction of sp³-hybridized carbons (Fsp3) is 0.350. The van der Waals surface area contributed by atoms with Crippen LogP contribution in [0.1, 0.15) is 18.4 Å². The van der Waals surface area contributed by atoms with Gasteiger partial charge in [-0.05, 0) is 54.8 Å². The summed E-state index contributed by atoms with van der Waals surface area (Å²) in [6.07, 6.45) is 1.31. The molecule has 1 fully saturated rings. The summed E-state index contributed by atoms with van der Waals surface area (Å²) in [7, 11) is -2.05. The van der Waals surface area contributed by atoms with Gasteiger partial charge in [0.25, 0.3) is 0 Å². The highest BCUT2D eigenvalue weighted by molar-refractivity contribution is 7.89. The number of halogens is 1. The number of carbonyl (C=O) groups excluding carboxylic acids is 1. The second kappa shape index (κ2) is 8.94. The lowest BCUT2D eigenvalue weighted by Gasteiger charge is -2.31. The average Bonchev–Trinajstić information content (AvgIpc) is 2.72. The first-order valence-corrected chi connectivity index (χ1v) is 10.9. The summed E-state index contributed by atoms with van der Waals surface area (Å²) < 4.78 is 32.3. The molecular formula is C20H23ClN2O4S. The van der Waals surface area contributed by atoms with Crippen molar-refractivity contribution in [2.24, 2.45) is 5.92 Å². The van der Waals surface area contributed by atoms with E-state index in [4.69, 9.17) is 16.3 Å². The minimum atomic E-state index is -3.64. The van der Waals surface area contributed by atoms with Crippen molar-refractivity contribution in [3.8, 4) is 5.75 Å². The van der Waals surface area contributed by atoms with Crippen LogP contribution in [0, 0.1) is 5.92 Å². The van der Waals surface area contributed by atoms with Gasteiger partial charge in [0.2, 0.25) is 15.9 Å². The van der Waals surface area contributed by atoms with Crippen LogP contribution in [-0.2, 0) is 21.4 Å². The van der Waals surface area contributed by atoms with E-state index in [-0.39, 0.29) is 23.3 Å². The van der Waals surface area contributed by atoms with E-state index < -0.39 is 10.0 Å². The summed E-state index contributed by atoms with van der Waals surface area (Å²) >= 11 is 5.85. The van der Waals surface area contributed by atoms with E-state index in [0.29, 0.717) is 31.0 Å². The molecule has 150 valence electrons. The van der Waals surface area contributed by atoms with Gasteiger partial charge in [0.1, 0.15) is 5.75 Å². The van der Waals surface area contributed by atoms with Gasteiger partial charge < -0.3 is 10.1 Å². The number of nitrogens with zero attached hydrogens (tertiary/aromatic N) is 1. The minimum absolute atomic E-state index is 0.140. The second-order valence-electron chi connectivity index (χ2n) is 6.73. The van der Waals surface area contributed by atoms with Gasteiger partial charge in [-0.3, -0.25) is 4.79 Å². The first-order chi connectivity index (χ1) is 13.4. The standard InChI is InChI=1S/C20H23ClN2O4S/c1-27-18-6-2-4-15(12-18)13-22-20(24)16-5-3-11-23(14-16)28(25,26)19-9-7-17(21)8-10-19/h2,4,6-10,12,16H,3,5,11,13-14H2,1H3,(H,22,24)/t16-/m1/s1. The van der Waals surface area contributed by atoms with E-state index in [0.717, 1.165) is 11.3 Å². The van der Waals surface area contributed by atoms with Crippen molar-refractivity contribution in [2.75, 3.05) is 20.2 Å². The molecule has 6 nitrogen and oxygen atoms in total. The van der Waals surface area contributed by atoms with Crippen LogP contribution in [0.3, 0.4) is 0 Å². The molecular weight excluding hydrogens is 400 g/mol. The Morgan fingerprint density at radius 2 is 2.00 bits per heavy atom. The molecule has 0 aromatic heterocycles. The summed E-state index contributed by atoms with van der Waals surface area (Å²) in [6, 6.07) is 13.6. The Balaban J connectivity index is 1.63. The van der Waals surface area contributed by atoms with Gasteiger partial charge in [0.05, 0.1) is 17.9 Å². The number of amides is 1. The third-order valence-electron chi connectivity index (χ3n) is 4.81. The average molecular weight is 423 g/mol. The van der Waals surface area contributed by atoms with Crippen LogP contribution < -0.4 is 10.1 Å². The molecule has 1 amide bonds. The zero-order valence-corrected chi connectivity index (χ0v) is 17.2. The molecule has 1 heterocycles. The summed E-state index contributed by atoms with van der Waals surface area (Å²) in [5, 5.41) is 3.38. The predicted molar refractivity (Wildman–Crippen MR) is 108 cm³/mol. The number of sulfonamides is 1. The van der Waals surface area contributed by atoms with E-state index in [9.17, 15) is 13.2 Å². The Kier molecular flexibility index (Phi) is 6.59.